The highest BCUT2D eigenvalue weighted by Crippen LogP contribution is 2.29. The van der Waals surface area contributed by atoms with Crippen molar-refractivity contribution in [3.63, 3.8) is 0 Å². The standard InChI is InChI=1S/C15H22BrNO/c1-18-13-9-10-14(16)15(11-13)17-12-7-5-3-2-4-6-8-12/h9-12,17H,2-8H2,1H3. The second kappa shape index (κ2) is 7.03. The van der Waals surface area contributed by atoms with Gasteiger partial charge in [0, 0.05) is 16.6 Å². The number of hydrogen-bond donors (Lipinski definition) is 1. The van der Waals surface area contributed by atoms with Crippen LogP contribution in [0.25, 0.3) is 0 Å². The van der Waals surface area contributed by atoms with Crippen molar-refractivity contribution < 1.29 is 4.74 Å². The highest BCUT2D eigenvalue weighted by Gasteiger charge is 2.12. The van der Waals surface area contributed by atoms with E-state index in [1.54, 1.807) is 7.11 Å². The van der Waals surface area contributed by atoms with Gasteiger partial charge in [0.2, 0.25) is 0 Å². The Balaban J connectivity index is 2.02. The average molecular weight is 312 g/mol. The fraction of sp³-hybridized carbons (Fsp3) is 0.600. The number of nitrogens with one attached hydrogen (secondary N) is 1. The minimum Gasteiger partial charge on any atom is -0.497 e. The summed E-state index contributed by atoms with van der Waals surface area (Å²) in [7, 11) is 1.71. The smallest absolute Gasteiger partial charge is 0.121 e. The summed E-state index contributed by atoms with van der Waals surface area (Å²) in [6.45, 7) is 0. The van der Waals surface area contributed by atoms with E-state index in [2.05, 4.69) is 27.3 Å². The van der Waals surface area contributed by atoms with Crippen LogP contribution in [0.1, 0.15) is 44.9 Å². The van der Waals surface area contributed by atoms with Crippen LogP contribution >= 0.6 is 15.9 Å². The van der Waals surface area contributed by atoms with Crippen LogP contribution in [0.2, 0.25) is 0 Å². The Bertz CT molecular complexity index is 373. The van der Waals surface area contributed by atoms with Gasteiger partial charge in [0.15, 0.2) is 0 Å². The summed E-state index contributed by atoms with van der Waals surface area (Å²) < 4.78 is 6.40. The van der Waals surface area contributed by atoms with Crippen LogP contribution in [0.5, 0.6) is 5.75 Å². The third-order valence-electron chi connectivity index (χ3n) is 3.64. The van der Waals surface area contributed by atoms with Gasteiger partial charge in [-0.25, -0.2) is 0 Å². The molecule has 18 heavy (non-hydrogen) atoms. The first-order chi connectivity index (χ1) is 8.79. The average Bonchev–Trinajstić information content (AvgIpc) is 2.35. The fourth-order valence-corrected chi connectivity index (χ4v) is 2.92. The first-order valence-corrected chi connectivity index (χ1v) is 7.69. The van der Waals surface area contributed by atoms with Gasteiger partial charge in [0.1, 0.15) is 5.75 Å². The molecule has 1 saturated carbocycles. The molecule has 1 aliphatic rings. The van der Waals surface area contributed by atoms with Gasteiger partial charge in [-0.1, -0.05) is 32.1 Å². The number of benzene rings is 1. The maximum atomic E-state index is 5.28. The summed E-state index contributed by atoms with van der Waals surface area (Å²) in [6.07, 6.45) is 9.44. The molecule has 1 aliphatic carbocycles. The van der Waals surface area contributed by atoms with Gasteiger partial charge in [0.25, 0.3) is 0 Å². The predicted octanol–water partition coefficient (Wildman–Crippen LogP) is 4.98. The van der Waals surface area contributed by atoms with E-state index < -0.39 is 0 Å². The molecule has 0 aliphatic heterocycles. The van der Waals surface area contributed by atoms with Crippen LogP contribution < -0.4 is 10.1 Å². The van der Waals surface area contributed by atoms with Crippen molar-refractivity contribution in [3.05, 3.63) is 22.7 Å². The van der Waals surface area contributed by atoms with Gasteiger partial charge >= 0.3 is 0 Å². The van der Waals surface area contributed by atoms with Gasteiger partial charge in [-0.3, -0.25) is 0 Å². The minimum atomic E-state index is 0.605. The molecule has 0 heterocycles. The minimum absolute atomic E-state index is 0.605. The summed E-state index contributed by atoms with van der Waals surface area (Å²) in [6, 6.07) is 6.70. The van der Waals surface area contributed by atoms with E-state index in [0.29, 0.717) is 6.04 Å². The third kappa shape index (κ3) is 3.91. The molecule has 0 atom stereocenters. The monoisotopic (exact) mass is 311 g/mol. The molecule has 0 radical (unpaired) electrons. The number of ether oxygens (including phenoxy) is 1. The van der Waals surface area contributed by atoms with E-state index in [9.17, 15) is 0 Å². The molecule has 100 valence electrons. The van der Waals surface area contributed by atoms with E-state index in [4.69, 9.17) is 4.74 Å². The number of halogens is 1. The van der Waals surface area contributed by atoms with Gasteiger partial charge in [-0.2, -0.15) is 0 Å². The lowest BCUT2D eigenvalue weighted by Gasteiger charge is -2.23. The predicted molar refractivity (Wildman–Crippen MR) is 80.4 cm³/mol. The summed E-state index contributed by atoms with van der Waals surface area (Å²) in [4.78, 5) is 0. The van der Waals surface area contributed by atoms with Crippen molar-refractivity contribution in [1.82, 2.24) is 0 Å². The first-order valence-electron chi connectivity index (χ1n) is 6.89. The fourth-order valence-electron chi connectivity index (χ4n) is 2.56. The lowest BCUT2D eigenvalue weighted by Crippen LogP contribution is -2.20. The van der Waals surface area contributed by atoms with Gasteiger partial charge in [0.05, 0.1) is 12.8 Å². The lowest BCUT2D eigenvalue weighted by molar-refractivity contribution is 0.414. The Morgan fingerprint density at radius 2 is 1.78 bits per heavy atom. The molecule has 1 aromatic carbocycles. The van der Waals surface area contributed by atoms with Crippen molar-refractivity contribution in [1.29, 1.82) is 0 Å². The molecule has 1 aromatic rings. The van der Waals surface area contributed by atoms with Gasteiger partial charge in [-0.05, 0) is 40.9 Å². The van der Waals surface area contributed by atoms with E-state index in [-0.39, 0.29) is 0 Å². The molecule has 2 nitrogen and oxygen atoms in total. The highest BCUT2D eigenvalue weighted by molar-refractivity contribution is 9.10. The van der Waals surface area contributed by atoms with E-state index in [1.807, 2.05) is 12.1 Å². The van der Waals surface area contributed by atoms with Crippen molar-refractivity contribution in [2.75, 3.05) is 12.4 Å². The van der Waals surface area contributed by atoms with E-state index in [1.165, 1.54) is 44.9 Å². The molecular weight excluding hydrogens is 290 g/mol. The van der Waals surface area contributed by atoms with Crippen molar-refractivity contribution in [3.8, 4) is 5.75 Å². The second-order valence-corrected chi connectivity index (χ2v) is 5.89. The van der Waals surface area contributed by atoms with E-state index in [0.717, 1.165) is 15.9 Å². The highest BCUT2D eigenvalue weighted by atomic mass is 79.9. The second-order valence-electron chi connectivity index (χ2n) is 5.03. The molecule has 3 heteroatoms. The van der Waals surface area contributed by atoms with Gasteiger partial charge < -0.3 is 10.1 Å². The molecule has 1 fully saturated rings. The van der Waals surface area contributed by atoms with Crippen LogP contribution in [0.15, 0.2) is 22.7 Å². The van der Waals surface area contributed by atoms with Crippen LogP contribution in [-0.2, 0) is 0 Å². The number of anilines is 1. The Kier molecular flexibility index (Phi) is 5.36. The maximum Gasteiger partial charge on any atom is 0.121 e. The van der Waals surface area contributed by atoms with E-state index >= 15 is 0 Å². The normalized spacial score (nSPS) is 17.9. The number of hydrogen-bond acceptors (Lipinski definition) is 2. The van der Waals surface area contributed by atoms with Crippen LogP contribution in [0.4, 0.5) is 5.69 Å². The summed E-state index contributed by atoms with van der Waals surface area (Å²) >= 11 is 3.60. The molecule has 1 N–H and O–H groups in total. The summed E-state index contributed by atoms with van der Waals surface area (Å²) in [5, 5.41) is 3.66. The van der Waals surface area contributed by atoms with Crippen molar-refractivity contribution in [2.45, 2.75) is 51.0 Å². The third-order valence-corrected chi connectivity index (χ3v) is 4.33. The lowest BCUT2D eigenvalue weighted by atomic mass is 9.96. The molecule has 0 aromatic heterocycles. The zero-order valence-electron chi connectivity index (χ0n) is 11.0. The molecule has 0 unspecified atom stereocenters. The van der Waals surface area contributed by atoms with Crippen LogP contribution in [0, 0.1) is 0 Å². The molecule has 0 bridgehead atoms. The van der Waals surface area contributed by atoms with Crippen LogP contribution in [-0.4, -0.2) is 13.2 Å². The summed E-state index contributed by atoms with van der Waals surface area (Å²) in [5.74, 6) is 0.909. The zero-order valence-corrected chi connectivity index (χ0v) is 12.6. The first kappa shape index (κ1) is 13.7. The Hall–Kier alpha value is -0.700. The number of rotatable bonds is 3. The number of methoxy groups -OCH3 is 1. The zero-order chi connectivity index (χ0) is 12.8. The summed E-state index contributed by atoms with van der Waals surface area (Å²) in [5.41, 5.74) is 1.15. The molecule has 2 rings (SSSR count). The Morgan fingerprint density at radius 3 is 2.44 bits per heavy atom. The molecule has 0 spiro atoms. The van der Waals surface area contributed by atoms with Crippen LogP contribution in [0.3, 0.4) is 0 Å². The molecule has 0 saturated heterocycles. The topological polar surface area (TPSA) is 21.3 Å². The maximum absolute atomic E-state index is 5.28. The Labute approximate surface area is 118 Å². The molecule has 0 amide bonds. The Morgan fingerprint density at radius 1 is 1.11 bits per heavy atom. The van der Waals surface area contributed by atoms with Crippen molar-refractivity contribution in [2.24, 2.45) is 0 Å². The van der Waals surface area contributed by atoms with Gasteiger partial charge in [-0.15, -0.1) is 0 Å². The quantitative estimate of drug-likeness (QED) is 0.849. The largest absolute Gasteiger partial charge is 0.497 e. The SMILES string of the molecule is COc1ccc(Br)c(NC2CCCCCCC2)c1. The van der Waals surface area contributed by atoms with Crippen molar-refractivity contribution >= 4 is 21.6 Å². The molecular formula is C15H22BrNO.